The number of hydrogen-bond acceptors (Lipinski definition) is 6. The molecule has 2 aromatic rings. The summed E-state index contributed by atoms with van der Waals surface area (Å²) in [6.45, 7) is 9.20. The first kappa shape index (κ1) is 31.1. The Hall–Kier alpha value is -3.14. The summed E-state index contributed by atoms with van der Waals surface area (Å²) in [4.78, 5) is 40.7. The van der Waals surface area contributed by atoms with Crippen LogP contribution in [0.2, 0.25) is 0 Å². The standard InChI is InChI=1S/C27H35N5O4S2/c1-18-6-10-20(11-7-18)14-37-16-22(30-26(35)36-27(3,4)5)24(33)29-23(25(34)31-32-28)17-38-15-21-12-8-19(2)9-13-21/h6-13,22-23H,14-17H2,1-5H3,(H,29,33)(H,30,35)/t22-,23-/m0/s1. The molecule has 0 radical (unpaired) electrons. The number of carbonyl (C=O) groups is 3. The molecule has 9 nitrogen and oxygen atoms in total. The van der Waals surface area contributed by atoms with E-state index in [2.05, 4.69) is 20.7 Å². The number of azide groups is 1. The monoisotopic (exact) mass is 557 g/mol. The highest BCUT2D eigenvalue weighted by Crippen LogP contribution is 2.17. The summed E-state index contributed by atoms with van der Waals surface area (Å²) in [7, 11) is 0. The van der Waals surface area contributed by atoms with Gasteiger partial charge in [-0.25, -0.2) is 4.79 Å². The van der Waals surface area contributed by atoms with Crippen molar-refractivity contribution in [3.63, 3.8) is 0 Å². The lowest BCUT2D eigenvalue weighted by molar-refractivity contribution is -0.127. The molecular weight excluding hydrogens is 522 g/mol. The molecule has 0 unspecified atom stereocenters. The molecule has 0 fully saturated rings. The van der Waals surface area contributed by atoms with Crippen molar-refractivity contribution in [1.82, 2.24) is 10.6 Å². The predicted octanol–water partition coefficient (Wildman–Crippen LogP) is 5.69. The van der Waals surface area contributed by atoms with E-state index >= 15 is 0 Å². The van der Waals surface area contributed by atoms with Crippen LogP contribution in [0.15, 0.2) is 53.6 Å². The summed E-state index contributed by atoms with van der Waals surface area (Å²) in [5.41, 5.74) is 12.5. The SMILES string of the molecule is Cc1ccc(CSC[C@H](NC(=O)[C@H](CSCc2ccc(C)cc2)NC(=O)OC(C)(C)C)C(=O)N=[N+]=[N-])cc1. The van der Waals surface area contributed by atoms with Crippen molar-refractivity contribution < 1.29 is 19.1 Å². The molecule has 2 rings (SSSR count). The van der Waals surface area contributed by atoms with Crippen molar-refractivity contribution in [2.45, 2.75) is 63.8 Å². The molecule has 0 aliphatic carbocycles. The van der Waals surface area contributed by atoms with Gasteiger partial charge >= 0.3 is 6.09 Å². The van der Waals surface area contributed by atoms with E-state index in [9.17, 15) is 14.4 Å². The Bertz CT molecular complexity index is 1130. The van der Waals surface area contributed by atoms with Crippen molar-refractivity contribution in [2.75, 3.05) is 11.5 Å². The fraction of sp³-hybridized carbons (Fsp3) is 0.444. The average molecular weight is 558 g/mol. The molecule has 0 saturated heterocycles. The molecule has 0 heterocycles. The Morgan fingerprint density at radius 2 is 1.34 bits per heavy atom. The zero-order valence-corrected chi connectivity index (χ0v) is 24.0. The van der Waals surface area contributed by atoms with Gasteiger partial charge in [0.05, 0.1) is 0 Å². The molecule has 0 aliphatic heterocycles. The zero-order chi connectivity index (χ0) is 28.1. The fourth-order valence-corrected chi connectivity index (χ4v) is 5.18. The molecule has 0 bridgehead atoms. The van der Waals surface area contributed by atoms with Crippen LogP contribution in [0.4, 0.5) is 4.79 Å². The molecule has 2 N–H and O–H groups in total. The van der Waals surface area contributed by atoms with Crippen LogP contribution in [0.3, 0.4) is 0 Å². The van der Waals surface area contributed by atoms with Gasteiger partial charge in [0.15, 0.2) is 0 Å². The topological polar surface area (TPSA) is 133 Å². The number of hydrogen-bond donors (Lipinski definition) is 2. The number of benzene rings is 2. The molecule has 204 valence electrons. The van der Waals surface area contributed by atoms with Crippen molar-refractivity contribution >= 4 is 41.4 Å². The first-order chi connectivity index (χ1) is 18.0. The number of nitrogens with one attached hydrogen (secondary N) is 2. The van der Waals surface area contributed by atoms with Crippen LogP contribution in [-0.2, 0) is 25.8 Å². The van der Waals surface area contributed by atoms with Gasteiger partial charge in [-0.05, 0) is 56.4 Å². The summed E-state index contributed by atoms with van der Waals surface area (Å²) in [6.07, 6.45) is -0.736. The number of aryl methyl sites for hydroxylation is 2. The van der Waals surface area contributed by atoms with E-state index in [4.69, 9.17) is 10.3 Å². The third-order valence-electron chi connectivity index (χ3n) is 5.11. The number of alkyl carbamates (subject to hydrolysis) is 1. The molecule has 11 heteroatoms. The normalized spacial score (nSPS) is 12.6. The van der Waals surface area contributed by atoms with Gasteiger partial charge in [0, 0.05) is 27.9 Å². The summed E-state index contributed by atoms with van der Waals surface area (Å²) >= 11 is 2.90. The molecule has 2 aromatic carbocycles. The van der Waals surface area contributed by atoms with Crippen LogP contribution in [0.1, 0.15) is 43.0 Å². The van der Waals surface area contributed by atoms with E-state index in [0.717, 1.165) is 22.3 Å². The van der Waals surface area contributed by atoms with Crippen molar-refractivity contribution in [3.8, 4) is 0 Å². The lowest BCUT2D eigenvalue weighted by Gasteiger charge is -2.24. The second-order valence-electron chi connectivity index (χ2n) is 9.79. The van der Waals surface area contributed by atoms with Crippen LogP contribution in [0, 0.1) is 13.8 Å². The number of carbonyl (C=O) groups excluding carboxylic acids is 3. The van der Waals surface area contributed by atoms with Gasteiger partial charge in [0.1, 0.15) is 17.7 Å². The number of amides is 3. The van der Waals surface area contributed by atoms with Crippen molar-refractivity contribution in [1.29, 1.82) is 0 Å². The van der Waals surface area contributed by atoms with Gasteiger partial charge in [-0.1, -0.05) is 59.7 Å². The number of ether oxygens (including phenoxy) is 1. The highest BCUT2D eigenvalue weighted by Gasteiger charge is 2.28. The van der Waals surface area contributed by atoms with E-state index in [0.29, 0.717) is 11.5 Å². The third-order valence-corrected chi connectivity index (χ3v) is 7.33. The van der Waals surface area contributed by atoms with E-state index < -0.39 is 35.6 Å². The maximum Gasteiger partial charge on any atom is 0.408 e. The molecule has 3 amide bonds. The minimum absolute atomic E-state index is 0.202. The van der Waals surface area contributed by atoms with Gasteiger partial charge in [0.25, 0.3) is 0 Å². The molecule has 0 aromatic heterocycles. The van der Waals surface area contributed by atoms with Gasteiger partial charge in [-0.3, -0.25) is 9.59 Å². The Morgan fingerprint density at radius 3 is 1.79 bits per heavy atom. The molecule has 38 heavy (non-hydrogen) atoms. The largest absolute Gasteiger partial charge is 0.444 e. The number of nitrogens with zero attached hydrogens (tertiary/aromatic N) is 3. The van der Waals surface area contributed by atoms with Crippen LogP contribution >= 0.6 is 23.5 Å². The Kier molecular flexibility index (Phi) is 12.5. The summed E-state index contributed by atoms with van der Waals surface area (Å²) in [5, 5.41) is 8.47. The second-order valence-corrected chi connectivity index (χ2v) is 11.8. The van der Waals surface area contributed by atoms with E-state index in [1.807, 2.05) is 62.4 Å². The van der Waals surface area contributed by atoms with Crippen LogP contribution in [-0.4, -0.2) is 47.1 Å². The lowest BCUT2D eigenvalue weighted by Crippen LogP contribution is -2.53. The minimum Gasteiger partial charge on any atom is -0.444 e. The zero-order valence-electron chi connectivity index (χ0n) is 22.4. The first-order valence-electron chi connectivity index (χ1n) is 12.1. The quantitative estimate of drug-likeness (QED) is 0.196. The maximum atomic E-state index is 13.2. The predicted molar refractivity (Wildman–Crippen MR) is 154 cm³/mol. The maximum absolute atomic E-state index is 13.2. The Balaban J connectivity index is 2.08. The smallest absolute Gasteiger partial charge is 0.408 e. The molecule has 0 spiro atoms. The summed E-state index contributed by atoms with van der Waals surface area (Å²) < 4.78 is 5.33. The molecule has 2 atom stereocenters. The Morgan fingerprint density at radius 1 is 0.868 bits per heavy atom. The second kappa shape index (κ2) is 15.3. The molecule has 0 aliphatic rings. The minimum atomic E-state index is -1.04. The van der Waals surface area contributed by atoms with E-state index in [1.165, 1.54) is 23.5 Å². The van der Waals surface area contributed by atoms with Crippen molar-refractivity contribution in [3.05, 3.63) is 81.2 Å². The van der Waals surface area contributed by atoms with Crippen LogP contribution in [0.5, 0.6) is 0 Å². The molecule has 0 saturated carbocycles. The summed E-state index contributed by atoms with van der Waals surface area (Å²) in [6, 6.07) is 14.0. The fourth-order valence-electron chi connectivity index (χ4n) is 3.15. The highest BCUT2D eigenvalue weighted by molar-refractivity contribution is 7.98. The van der Waals surface area contributed by atoms with Gasteiger partial charge in [-0.15, -0.1) is 0 Å². The van der Waals surface area contributed by atoms with Crippen LogP contribution in [0.25, 0.3) is 10.4 Å². The van der Waals surface area contributed by atoms with Gasteiger partial charge in [0.2, 0.25) is 11.8 Å². The van der Waals surface area contributed by atoms with Gasteiger partial charge < -0.3 is 15.4 Å². The number of thioether (sulfide) groups is 2. The van der Waals surface area contributed by atoms with E-state index in [1.54, 1.807) is 20.8 Å². The first-order valence-corrected chi connectivity index (χ1v) is 14.4. The third kappa shape index (κ3) is 11.9. The Labute approximate surface area is 232 Å². The van der Waals surface area contributed by atoms with Crippen LogP contribution < -0.4 is 10.6 Å². The average Bonchev–Trinajstić information content (AvgIpc) is 2.84. The summed E-state index contributed by atoms with van der Waals surface area (Å²) in [5.74, 6) is 0.344. The highest BCUT2D eigenvalue weighted by atomic mass is 32.2. The van der Waals surface area contributed by atoms with E-state index in [-0.39, 0.29) is 11.5 Å². The lowest BCUT2D eigenvalue weighted by atomic mass is 10.2. The molecular formula is C27H35N5O4S2. The number of rotatable bonds is 12. The van der Waals surface area contributed by atoms with Crippen molar-refractivity contribution in [2.24, 2.45) is 5.11 Å². The van der Waals surface area contributed by atoms with Gasteiger partial charge in [-0.2, -0.15) is 23.5 Å².